The van der Waals surface area contributed by atoms with E-state index in [1.165, 1.54) is 37.7 Å². The molecule has 0 aromatic carbocycles. The Morgan fingerprint density at radius 1 is 1.06 bits per heavy atom. The number of aromatic nitrogens is 1. The van der Waals surface area contributed by atoms with Gasteiger partial charge >= 0.3 is 0 Å². The van der Waals surface area contributed by atoms with Crippen LogP contribution in [0, 0.1) is 0 Å². The third-order valence-electron chi connectivity index (χ3n) is 7.37. The highest BCUT2D eigenvalue weighted by molar-refractivity contribution is 14.0. The summed E-state index contributed by atoms with van der Waals surface area (Å²) in [5, 5.41) is 7.18. The van der Waals surface area contributed by atoms with Crippen LogP contribution in [0.15, 0.2) is 23.3 Å². The average Bonchev–Trinajstić information content (AvgIpc) is 2.86. The monoisotopic (exact) mass is 571 g/mol. The Bertz CT molecular complexity index is 742. The summed E-state index contributed by atoms with van der Waals surface area (Å²) in [6.07, 6.45) is 8.44. The van der Waals surface area contributed by atoms with Crippen molar-refractivity contribution in [3.8, 4) is 0 Å². The van der Waals surface area contributed by atoms with Crippen molar-refractivity contribution >= 4 is 35.8 Å². The van der Waals surface area contributed by atoms with Gasteiger partial charge in [0, 0.05) is 71.1 Å². The minimum Gasteiger partial charge on any atom is -0.379 e. The molecular formula is C24H42IN7O. The van der Waals surface area contributed by atoms with E-state index in [2.05, 4.69) is 54.5 Å². The van der Waals surface area contributed by atoms with Crippen molar-refractivity contribution in [2.75, 3.05) is 78.0 Å². The first-order chi connectivity index (χ1) is 15.7. The van der Waals surface area contributed by atoms with E-state index in [-0.39, 0.29) is 29.5 Å². The van der Waals surface area contributed by atoms with Crippen molar-refractivity contribution < 1.29 is 4.74 Å². The second kappa shape index (κ2) is 13.1. The quantitative estimate of drug-likeness (QED) is 0.308. The zero-order valence-corrected chi connectivity index (χ0v) is 22.7. The van der Waals surface area contributed by atoms with E-state index in [1.54, 1.807) is 0 Å². The molecule has 2 N–H and O–H groups in total. The van der Waals surface area contributed by atoms with E-state index >= 15 is 0 Å². The van der Waals surface area contributed by atoms with Crippen LogP contribution in [-0.4, -0.2) is 99.4 Å². The number of hydrogen-bond donors (Lipinski definition) is 2. The molecule has 0 bridgehead atoms. The van der Waals surface area contributed by atoms with Crippen LogP contribution in [0.5, 0.6) is 0 Å². The van der Waals surface area contributed by atoms with Crippen molar-refractivity contribution in [1.82, 2.24) is 25.4 Å². The smallest absolute Gasteiger partial charge is 0.191 e. The van der Waals surface area contributed by atoms with Crippen molar-refractivity contribution in [2.24, 2.45) is 4.99 Å². The van der Waals surface area contributed by atoms with Crippen LogP contribution in [0.3, 0.4) is 0 Å². The average molecular weight is 572 g/mol. The van der Waals surface area contributed by atoms with E-state index in [0.717, 1.165) is 77.3 Å². The van der Waals surface area contributed by atoms with Gasteiger partial charge in [0.25, 0.3) is 0 Å². The summed E-state index contributed by atoms with van der Waals surface area (Å²) < 4.78 is 5.62. The maximum absolute atomic E-state index is 5.62. The zero-order valence-electron chi connectivity index (χ0n) is 20.4. The maximum atomic E-state index is 5.62. The number of morpholine rings is 1. The van der Waals surface area contributed by atoms with Crippen LogP contribution < -0.4 is 15.5 Å². The molecule has 0 radical (unpaired) electrons. The molecule has 3 heterocycles. The number of nitrogens with zero attached hydrogens (tertiary/aromatic N) is 5. The molecule has 0 amide bonds. The molecule has 33 heavy (non-hydrogen) atoms. The van der Waals surface area contributed by atoms with Crippen LogP contribution in [-0.2, 0) is 11.3 Å². The first-order valence-corrected chi connectivity index (χ1v) is 12.3. The lowest BCUT2D eigenvalue weighted by Crippen LogP contribution is -2.60. The number of rotatable bonds is 6. The first kappa shape index (κ1) is 26.4. The fraction of sp³-hybridized carbons (Fsp3) is 0.750. The minimum absolute atomic E-state index is 0. The molecule has 3 aliphatic rings. The molecule has 1 aromatic rings. The largest absolute Gasteiger partial charge is 0.379 e. The van der Waals surface area contributed by atoms with E-state index in [4.69, 9.17) is 4.74 Å². The molecular weight excluding hydrogens is 529 g/mol. The van der Waals surface area contributed by atoms with Gasteiger partial charge in [-0.1, -0.05) is 19.3 Å². The van der Waals surface area contributed by atoms with Gasteiger partial charge in [-0.25, -0.2) is 4.98 Å². The molecule has 1 saturated carbocycles. The number of piperazine rings is 1. The number of nitrogens with one attached hydrogen (secondary N) is 2. The van der Waals surface area contributed by atoms with Crippen LogP contribution in [0.1, 0.15) is 37.7 Å². The molecule has 0 atom stereocenters. The molecule has 1 aliphatic carbocycles. The number of aliphatic imine (C=N–C) groups is 1. The lowest BCUT2D eigenvalue weighted by Gasteiger charge is -2.48. The topological polar surface area (TPSA) is 68.3 Å². The predicted molar refractivity (Wildman–Crippen MR) is 146 cm³/mol. The highest BCUT2D eigenvalue weighted by Crippen LogP contribution is 2.33. The van der Waals surface area contributed by atoms with E-state index < -0.39 is 0 Å². The number of anilines is 1. The number of hydrogen-bond acceptors (Lipinski definition) is 6. The summed E-state index contributed by atoms with van der Waals surface area (Å²) in [5.41, 5.74) is 1.46. The van der Waals surface area contributed by atoms with E-state index in [9.17, 15) is 0 Å². The SMILES string of the molecule is CN=C(NCc1ccnc(N2CCN(C)CC2)c1)NCC1(N2CCOCC2)CCCCC1.I. The van der Waals surface area contributed by atoms with Crippen molar-refractivity contribution in [1.29, 1.82) is 0 Å². The molecule has 2 saturated heterocycles. The fourth-order valence-corrected chi connectivity index (χ4v) is 5.29. The summed E-state index contributed by atoms with van der Waals surface area (Å²) in [4.78, 5) is 16.5. The van der Waals surface area contributed by atoms with Crippen LogP contribution >= 0.6 is 24.0 Å². The maximum Gasteiger partial charge on any atom is 0.191 e. The van der Waals surface area contributed by atoms with Crippen LogP contribution in [0.25, 0.3) is 0 Å². The molecule has 3 fully saturated rings. The van der Waals surface area contributed by atoms with Crippen LogP contribution in [0.4, 0.5) is 5.82 Å². The molecule has 2 aliphatic heterocycles. The van der Waals surface area contributed by atoms with Crippen LogP contribution in [0.2, 0.25) is 0 Å². The summed E-state index contributed by atoms with van der Waals surface area (Å²) in [6.45, 7) is 9.72. The highest BCUT2D eigenvalue weighted by atomic mass is 127. The minimum atomic E-state index is 0. The second-order valence-corrected chi connectivity index (χ2v) is 9.48. The Hall–Kier alpha value is -1.17. The summed E-state index contributed by atoms with van der Waals surface area (Å²) in [7, 11) is 4.04. The van der Waals surface area contributed by atoms with Gasteiger partial charge in [-0.3, -0.25) is 9.89 Å². The molecule has 8 nitrogen and oxygen atoms in total. The number of pyridine rings is 1. The third-order valence-corrected chi connectivity index (χ3v) is 7.37. The van der Waals surface area contributed by atoms with Gasteiger partial charge in [-0.15, -0.1) is 24.0 Å². The van der Waals surface area contributed by atoms with E-state index in [1.807, 2.05) is 13.2 Å². The molecule has 0 unspecified atom stereocenters. The van der Waals surface area contributed by atoms with Gasteiger partial charge in [0.15, 0.2) is 5.96 Å². The summed E-state index contributed by atoms with van der Waals surface area (Å²) >= 11 is 0. The third kappa shape index (κ3) is 7.16. The van der Waals surface area contributed by atoms with Crippen molar-refractivity contribution in [3.05, 3.63) is 23.9 Å². The van der Waals surface area contributed by atoms with Crippen molar-refractivity contribution in [3.63, 3.8) is 0 Å². The van der Waals surface area contributed by atoms with Gasteiger partial charge in [-0.2, -0.15) is 0 Å². The van der Waals surface area contributed by atoms with E-state index in [0.29, 0.717) is 0 Å². The zero-order chi connectivity index (χ0) is 22.2. The number of halogens is 1. The summed E-state index contributed by atoms with van der Waals surface area (Å²) in [6, 6.07) is 4.30. The lowest BCUT2D eigenvalue weighted by atomic mass is 9.80. The molecule has 9 heteroatoms. The predicted octanol–water partition coefficient (Wildman–Crippen LogP) is 2.15. The molecule has 0 spiro atoms. The second-order valence-electron chi connectivity index (χ2n) is 9.48. The van der Waals surface area contributed by atoms with Gasteiger partial charge in [0.2, 0.25) is 0 Å². The van der Waals surface area contributed by atoms with Gasteiger partial charge < -0.3 is 25.2 Å². The number of likely N-dealkylation sites (N-methyl/N-ethyl adjacent to an activating group) is 1. The van der Waals surface area contributed by atoms with Gasteiger partial charge in [0.1, 0.15) is 5.82 Å². The Kier molecular flexibility index (Phi) is 10.5. The Labute approximate surface area is 216 Å². The Morgan fingerprint density at radius 3 is 2.48 bits per heavy atom. The van der Waals surface area contributed by atoms with Gasteiger partial charge in [0.05, 0.1) is 13.2 Å². The molecule has 4 rings (SSSR count). The lowest BCUT2D eigenvalue weighted by molar-refractivity contribution is -0.0352. The number of ether oxygens (including phenoxy) is 1. The normalized spacial score (nSPS) is 22.5. The Morgan fingerprint density at radius 2 is 1.79 bits per heavy atom. The summed E-state index contributed by atoms with van der Waals surface area (Å²) in [5.74, 6) is 1.95. The fourth-order valence-electron chi connectivity index (χ4n) is 5.29. The molecule has 1 aromatic heterocycles. The number of guanidine groups is 1. The molecule has 186 valence electrons. The Balaban J connectivity index is 0.00000306. The first-order valence-electron chi connectivity index (χ1n) is 12.3. The van der Waals surface area contributed by atoms with Gasteiger partial charge in [-0.05, 0) is 37.6 Å². The highest BCUT2D eigenvalue weighted by Gasteiger charge is 2.38. The standard InChI is InChI=1S/C24H41N7O.HI/c1-25-23(28-20-24(7-4-3-5-8-24)31-14-16-32-17-15-31)27-19-21-6-9-26-22(18-21)30-12-10-29(2)11-13-30;/h6,9,18H,3-5,7-8,10-17,19-20H2,1-2H3,(H2,25,27,28);1H. The van der Waals surface area contributed by atoms with Crippen molar-refractivity contribution in [2.45, 2.75) is 44.2 Å².